The number of hydrogen-bond acceptors (Lipinski definition) is 3. The summed E-state index contributed by atoms with van der Waals surface area (Å²) < 4.78 is 5.00. The number of ether oxygens (including phenoxy) is 1. The molecular formula is C13H17NO4. The van der Waals surface area contributed by atoms with Crippen LogP contribution in [0.25, 0.3) is 0 Å². The van der Waals surface area contributed by atoms with Gasteiger partial charge in [0.15, 0.2) is 0 Å². The fourth-order valence-corrected chi connectivity index (χ4v) is 1.64. The number of carboxylic acid groups (broad SMARTS) is 1. The molecule has 0 aliphatic rings. The molecule has 1 unspecified atom stereocenters. The SMILES string of the molecule is CCNC(=O)CC(C(=O)O)c1ccc(OC)cc1. The first-order valence-electron chi connectivity index (χ1n) is 5.72. The predicted molar refractivity (Wildman–Crippen MR) is 66.7 cm³/mol. The van der Waals surface area contributed by atoms with E-state index in [2.05, 4.69) is 5.32 Å². The summed E-state index contributed by atoms with van der Waals surface area (Å²) in [5, 5.41) is 11.8. The van der Waals surface area contributed by atoms with Gasteiger partial charge in [-0.3, -0.25) is 9.59 Å². The largest absolute Gasteiger partial charge is 0.497 e. The molecule has 0 aliphatic heterocycles. The van der Waals surface area contributed by atoms with Crippen LogP contribution in [0.1, 0.15) is 24.8 Å². The highest BCUT2D eigenvalue weighted by Crippen LogP contribution is 2.22. The van der Waals surface area contributed by atoms with Crippen LogP contribution in [0.3, 0.4) is 0 Å². The first-order valence-corrected chi connectivity index (χ1v) is 5.72. The van der Waals surface area contributed by atoms with E-state index in [1.54, 1.807) is 38.3 Å². The highest BCUT2D eigenvalue weighted by atomic mass is 16.5. The van der Waals surface area contributed by atoms with Gasteiger partial charge in [-0.05, 0) is 24.6 Å². The van der Waals surface area contributed by atoms with Crippen molar-refractivity contribution < 1.29 is 19.4 Å². The zero-order chi connectivity index (χ0) is 13.5. The van der Waals surface area contributed by atoms with Gasteiger partial charge in [0.25, 0.3) is 0 Å². The van der Waals surface area contributed by atoms with Crippen LogP contribution >= 0.6 is 0 Å². The fraction of sp³-hybridized carbons (Fsp3) is 0.385. The molecule has 1 aromatic carbocycles. The molecule has 1 amide bonds. The highest BCUT2D eigenvalue weighted by molar-refractivity contribution is 5.85. The highest BCUT2D eigenvalue weighted by Gasteiger charge is 2.22. The summed E-state index contributed by atoms with van der Waals surface area (Å²) in [6.07, 6.45) is -0.0600. The van der Waals surface area contributed by atoms with Crippen molar-refractivity contribution in [2.45, 2.75) is 19.3 Å². The minimum atomic E-state index is -1.01. The molecule has 5 heteroatoms. The first kappa shape index (κ1) is 14.0. The van der Waals surface area contributed by atoms with Crippen LogP contribution in [-0.4, -0.2) is 30.6 Å². The van der Waals surface area contributed by atoms with Gasteiger partial charge in [-0.2, -0.15) is 0 Å². The molecule has 0 aliphatic carbocycles. The molecule has 2 N–H and O–H groups in total. The van der Waals surface area contributed by atoms with Crippen LogP contribution in [0.15, 0.2) is 24.3 Å². The Labute approximate surface area is 106 Å². The molecule has 1 aromatic rings. The summed E-state index contributed by atoms with van der Waals surface area (Å²) in [5.74, 6) is -1.45. The molecule has 5 nitrogen and oxygen atoms in total. The Morgan fingerprint density at radius 3 is 2.39 bits per heavy atom. The van der Waals surface area contributed by atoms with E-state index in [4.69, 9.17) is 9.84 Å². The van der Waals surface area contributed by atoms with E-state index in [-0.39, 0.29) is 12.3 Å². The summed E-state index contributed by atoms with van der Waals surface area (Å²) in [4.78, 5) is 22.6. The average molecular weight is 251 g/mol. The van der Waals surface area contributed by atoms with Gasteiger partial charge >= 0.3 is 5.97 Å². The Morgan fingerprint density at radius 2 is 1.94 bits per heavy atom. The zero-order valence-electron chi connectivity index (χ0n) is 10.5. The summed E-state index contributed by atoms with van der Waals surface area (Å²) in [5.41, 5.74) is 0.592. The molecular weight excluding hydrogens is 234 g/mol. The van der Waals surface area contributed by atoms with Gasteiger partial charge in [0.05, 0.1) is 13.0 Å². The second kappa shape index (κ2) is 6.64. The Morgan fingerprint density at radius 1 is 1.33 bits per heavy atom. The number of methoxy groups -OCH3 is 1. The van der Waals surface area contributed by atoms with Gasteiger partial charge in [-0.1, -0.05) is 12.1 Å². The maximum Gasteiger partial charge on any atom is 0.311 e. The van der Waals surface area contributed by atoms with Crippen molar-refractivity contribution in [1.29, 1.82) is 0 Å². The third-order valence-corrected chi connectivity index (χ3v) is 2.58. The molecule has 0 saturated heterocycles. The van der Waals surface area contributed by atoms with Crippen molar-refractivity contribution in [1.82, 2.24) is 5.32 Å². The van der Waals surface area contributed by atoms with Gasteiger partial charge in [-0.15, -0.1) is 0 Å². The van der Waals surface area contributed by atoms with Crippen LogP contribution < -0.4 is 10.1 Å². The van der Waals surface area contributed by atoms with E-state index in [1.165, 1.54) is 0 Å². The second-order valence-corrected chi connectivity index (χ2v) is 3.82. The Kier molecular flexibility index (Phi) is 5.17. The van der Waals surface area contributed by atoms with E-state index in [1.807, 2.05) is 0 Å². The van der Waals surface area contributed by atoms with Gasteiger partial charge in [-0.25, -0.2) is 0 Å². The molecule has 0 aromatic heterocycles. The minimum Gasteiger partial charge on any atom is -0.497 e. The van der Waals surface area contributed by atoms with E-state index in [0.29, 0.717) is 17.9 Å². The van der Waals surface area contributed by atoms with E-state index in [0.717, 1.165) is 0 Å². The Balaban J connectivity index is 2.83. The average Bonchev–Trinajstić information content (AvgIpc) is 2.36. The Bertz CT molecular complexity index is 414. The number of carbonyl (C=O) groups is 2. The fourth-order valence-electron chi connectivity index (χ4n) is 1.64. The lowest BCUT2D eigenvalue weighted by Gasteiger charge is -2.12. The molecule has 0 saturated carbocycles. The summed E-state index contributed by atoms with van der Waals surface area (Å²) in [6, 6.07) is 6.69. The molecule has 0 radical (unpaired) electrons. The maximum absolute atomic E-state index is 11.5. The lowest BCUT2D eigenvalue weighted by Crippen LogP contribution is -2.27. The van der Waals surface area contributed by atoms with Crippen molar-refractivity contribution in [2.24, 2.45) is 0 Å². The van der Waals surface area contributed by atoms with Crippen molar-refractivity contribution in [2.75, 3.05) is 13.7 Å². The van der Waals surface area contributed by atoms with Crippen molar-refractivity contribution in [3.05, 3.63) is 29.8 Å². The molecule has 0 fully saturated rings. The molecule has 1 rings (SSSR count). The molecule has 18 heavy (non-hydrogen) atoms. The van der Waals surface area contributed by atoms with Gasteiger partial charge in [0.2, 0.25) is 5.91 Å². The van der Waals surface area contributed by atoms with E-state index < -0.39 is 11.9 Å². The summed E-state index contributed by atoms with van der Waals surface area (Å²) in [7, 11) is 1.54. The van der Waals surface area contributed by atoms with Crippen molar-refractivity contribution in [3.8, 4) is 5.75 Å². The monoisotopic (exact) mass is 251 g/mol. The van der Waals surface area contributed by atoms with Gasteiger partial charge < -0.3 is 15.2 Å². The second-order valence-electron chi connectivity index (χ2n) is 3.82. The smallest absolute Gasteiger partial charge is 0.311 e. The number of benzene rings is 1. The number of carboxylic acids is 1. The number of hydrogen-bond donors (Lipinski definition) is 2. The third-order valence-electron chi connectivity index (χ3n) is 2.58. The lowest BCUT2D eigenvalue weighted by atomic mass is 9.95. The number of amides is 1. The Hall–Kier alpha value is -2.04. The van der Waals surface area contributed by atoms with Gasteiger partial charge in [0, 0.05) is 13.0 Å². The molecule has 0 heterocycles. The number of nitrogens with one attached hydrogen (secondary N) is 1. The van der Waals surface area contributed by atoms with Gasteiger partial charge in [0.1, 0.15) is 5.75 Å². The topological polar surface area (TPSA) is 75.6 Å². The normalized spacial score (nSPS) is 11.7. The summed E-state index contributed by atoms with van der Waals surface area (Å²) >= 11 is 0. The van der Waals surface area contributed by atoms with Crippen LogP contribution in [0, 0.1) is 0 Å². The van der Waals surface area contributed by atoms with Crippen LogP contribution in [-0.2, 0) is 9.59 Å². The standard InChI is InChI=1S/C13H17NO4/c1-3-14-12(15)8-11(13(16)17)9-4-6-10(18-2)7-5-9/h4-7,11H,3,8H2,1-2H3,(H,14,15)(H,16,17). The van der Waals surface area contributed by atoms with Crippen LogP contribution in [0.4, 0.5) is 0 Å². The molecule has 0 spiro atoms. The maximum atomic E-state index is 11.5. The summed E-state index contributed by atoms with van der Waals surface area (Å²) in [6.45, 7) is 2.29. The quantitative estimate of drug-likeness (QED) is 0.801. The minimum absolute atomic E-state index is 0.0600. The third kappa shape index (κ3) is 3.76. The van der Waals surface area contributed by atoms with Crippen molar-refractivity contribution in [3.63, 3.8) is 0 Å². The predicted octanol–water partition coefficient (Wildman–Crippen LogP) is 1.39. The number of rotatable bonds is 6. The van der Waals surface area contributed by atoms with Crippen molar-refractivity contribution >= 4 is 11.9 Å². The number of carbonyl (C=O) groups excluding carboxylic acids is 1. The first-order chi connectivity index (χ1) is 8.58. The van der Waals surface area contributed by atoms with Crippen LogP contribution in [0.2, 0.25) is 0 Å². The molecule has 1 atom stereocenters. The van der Waals surface area contributed by atoms with E-state index in [9.17, 15) is 9.59 Å². The zero-order valence-corrected chi connectivity index (χ0v) is 10.5. The van der Waals surface area contributed by atoms with Crippen LogP contribution in [0.5, 0.6) is 5.75 Å². The number of aliphatic carboxylic acids is 1. The molecule has 0 bridgehead atoms. The molecule has 98 valence electrons. The lowest BCUT2D eigenvalue weighted by molar-refractivity contribution is -0.140. The van der Waals surface area contributed by atoms with E-state index >= 15 is 0 Å².